The lowest BCUT2D eigenvalue weighted by molar-refractivity contribution is 0.153. The first kappa shape index (κ1) is 23.5. The first-order chi connectivity index (χ1) is 12.6. The number of methoxy groups -OCH3 is 1. The van der Waals surface area contributed by atoms with Crippen molar-refractivity contribution < 1.29 is 9.15 Å². The van der Waals surface area contributed by atoms with Crippen molar-refractivity contribution in [2.24, 2.45) is 10.4 Å². The Balaban J connectivity index is 0.00000364. The van der Waals surface area contributed by atoms with E-state index in [1.807, 2.05) is 30.3 Å². The van der Waals surface area contributed by atoms with Crippen LogP contribution in [0.3, 0.4) is 0 Å². The van der Waals surface area contributed by atoms with Crippen molar-refractivity contribution in [1.82, 2.24) is 10.6 Å². The van der Waals surface area contributed by atoms with Gasteiger partial charge in [-0.2, -0.15) is 0 Å². The van der Waals surface area contributed by atoms with Crippen molar-refractivity contribution >= 4 is 29.9 Å². The first-order valence-electron chi connectivity index (χ1n) is 9.16. The lowest BCUT2D eigenvalue weighted by Gasteiger charge is -2.26. The molecule has 1 aromatic heterocycles. The van der Waals surface area contributed by atoms with Gasteiger partial charge in [-0.05, 0) is 29.5 Å². The Hall–Kier alpha value is -1.54. The van der Waals surface area contributed by atoms with Gasteiger partial charge < -0.3 is 19.8 Å². The molecule has 0 bridgehead atoms. The molecular formula is C21H32IN3O2. The minimum absolute atomic E-state index is 0. The molecule has 0 aliphatic rings. The third kappa shape index (κ3) is 9.81. The molecule has 0 radical (unpaired) electrons. The predicted octanol–water partition coefficient (Wildman–Crippen LogP) is 4.24. The topological polar surface area (TPSA) is 58.8 Å². The van der Waals surface area contributed by atoms with Gasteiger partial charge in [0.2, 0.25) is 0 Å². The molecule has 0 aliphatic heterocycles. The number of hydrogen-bond acceptors (Lipinski definition) is 3. The summed E-state index contributed by atoms with van der Waals surface area (Å²) in [5.41, 5.74) is 1.32. The summed E-state index contributed by atoms with van der Waals surface area (Å²) in [6.45, 7) is 7.48. The zero-order valence-electron chi connectivity index (χ0n) is 16.5. The molecule has 0 saturated carbocycles. The molecule has 2 aromatic rings. The third-order valence-corrected chi connectivity index (χ3v) is 4.22. The zero-order chi connectivity index (χ0) is 18.7. The van der Waals surface area contributed by atoms with E-state index in [1.165, 1.54) is 5.56 Å². The Labute approximate surface area is 180 Å². The fourth-order valence-corrected chi connectivity index (χ4v) is 2.48. The van der Waals surface area contributed by atoms with Gasteiger partial charge in [0.25, 0.3) is 0 Å². The number of nitrogens with one attached hydrogen (secondary N) is 2. The molecule has 0 unspecified atom stereocenters. The Bertz CT molecular complexity index is 643. The van der Waals surface area contributed by atoms with Crippen molar-refractivity contribution in [2.45, 2.75) is 33.2 Å². The van der Waals surface area contributed by atoms with Crippen LogP contribution in [0.5, 0.6) is 0 Å². The third-order valence-electron chi connectivity index (χ3n) is 4.22. The molecule has 2 N–H and O–H groups in total. The van der Waals surface area contributed by atoms with Gasteiger partial charge in [-0.1, -0.05) is 44.2 Å². The Morgan fingerprint density at radius 2 is 1.89 bits per heavy atom. The smallest absolute Gasteiger partial charge is 0.191 e. The van der Waals surface area contributed by atoms with Crippen LogP contribution in [0.2, 0.25) is 0 Å². The van der Waals surface area contributed by atoms with E-state index in [0.29, 0.717) is 6.54 Å². The van der Waals surface area contributed by atoms with E-state index >= 15 is 0 Å². The molecule has 0 amide bonds. The van der Waals surface area contributed by atoms with Crippen LogP contribution in [-0.4, -0.2) is 32.8 Å². The largest absolute Gasteiger partial charge is 0.469 e. The Kier molecular flexibility index (Phi) is 11.1. The van der Waals surface area contributed by atoms with Gasteiger partial charge in [0.15, 0.2) is 5.96 Å². The van der Waals surface area contributed by atoms with Gasteiger partial charge in [0, 0.05) is 33.2 Å². The average molecular weight is 485 g/mol. The van der Waals surface area contributed by atoms with Crippen LogP contribution in [0.25, 0.3) is 0 Å². The number of furan rings is 1. The maximum Gasteiger partial charge on any atom is 0.191 e. The zero-order valence-corrected chi connectivity index (χ0v) is 18.9. The van der Waals surface area contributed by atoms with E-state index in [-0.39, 0.29) is 29.4 Å². The molecule has 6 heteroatoms. The van der Waals surface area contributed by atoms with Crippen LogP contribution in [0, 0.1) is 5.41 Å². The molecule has 2 rings (SSSR count). The van der Waals surface area contributed by atoms with E-state index in [4.69, 9.17) is 14.1 Å². The molecule has 1 aromatic carbocycles. The van der Waals surface area contributed by atoms with Gasteiger partial charge in [-0.3, -0.25) is 0 Å². The highest BCUT2D eigenvalue weighted by Gasteiger charge is 2.18. The lowest BCUT2D eigenvalue weighted by atomic mass is 9.90. The predicted molar refractivity (Wildman–Crippen MR) is 122 cm³/mol. The van der Waals surface area contributed by atoms with Crippen molar-refractivity contribution in [3.05, 3.63) is 60.1 Å². The molecule has 150 valence electrons. The number of benzene rings is 1. The van der Waals surface area contributed by atoms with Crippen molar-refractivity contribution in [1.29, 1.82) is 0 Å². The second-order valence-electron chi connectivity index (χ2n) is 7.17. The van der Waals surface area contributed by atoms with Gasteiger partial charge in [-0.25, -0.2) is 4.99 Å². The standard InChI is InChI=1S/C21H31N3O2.HI/c1-21(2,12-15-25-3)17-24-20(22-13-11-19-10-7-14-26-19)23-16-18-8-5-4-6-9-18;/h4-10,14H,11-13,15-17H2,1-3H3,(H2,22,23,24);1H. The highest BCUT2D eigenvalue weighted by atomic mass is 127. The van der Waals surface area contributed by atoms with E-state index in [1.54, 1.807) is 13.4 Å². The van der Waals surface area contributed by atoms with Crippen LogP contribution in [0.4, 0.5) is 0 Å². The van der Waals surface area contributed by atoms with Crippen LogP contribution in [-0.2, 0) is 17.7 Å². The van der Waals surface area contributed by atoms with E-state index < -0.39 is 0 Å². The normalized spacial score (nSPS) is 11.7. The van der Waals surface area contributed by atoms with Crippen LogP contribution in [0.1, 0.15) is 31.6 Å². The Morgan fingerprint density at radius 1 is 1.11 bits per heavy atom. The summed E-state index contributed by atoms with van der Waals surface area (Å²) in [4.78, 5) is 4.73. The molecule has 5 nitrogen and oxygen atoms in total. The summed E-state index contributed by atoms with van der Waals surface area (Å²) in [7, 11) is 1.74. The lowest BCUT2D eigenvalue weighted by Crippen LogP contribution is -2.43. The number of aliphatic imine (C=N–C) groups is 1. The summed E-state index contributed by atoms with van der Waals surface area (Å²) in [5, 5.41) is 6.88. The first-order valence-corrected chi connectivity index (χ1v) is 9.16. The highest BCUT2D eigenvalue weighted by molar-refractivity contribution is 14.0. The fraction of sp³-hybridized carbons (Fsp3) is 0.476. The summed E-state index contributed by atoms with van der Waals surface area (Å²) in [6, 6.07) is 14.2. The number of rotatable bonds is 10. The van der Waals surface area contributed by atoms with Gasteiger partial charge in [-0.15, -0.1) is 24.0 Å². The second kappa shape index (κ2) is 12.8. The summed E-state index contributed by atoms with van der Waals surface area (Å²) in [6.07, 6.45) is 3.53. The molecule has 1 heterocycles. The quantitative estimate of drug-likeness (QED) is 0.300. The number of halogens is 1. The number of nitrogens with zero attached hydrogens (tertiary/aromatic N) is 1. The number of guanidine groups is 1. The second-order valence-corrected chi connectivity index (χ2v) is 7.17. The average Bonchev–Trinajstić information content (AvgIpc) is 3.16. The molecule has 0 aliphatic carbocycles. The maximum atomic E-state index is 5.39. The minimum atomic E-state index is 0. The van der Waals surface area contributed by atoms with Gasteiger partial charge >= 0.3 is 0 Å². The molecule has 0 atom stereocenters. The number of ether oxygens (including phenoxy) is 1. The van der Waals surface area contributed by atoms with Crippen LogP contribution in [0.15, 0.2) is 58.1 Å². The van der Waals surface area contributed by atoms with Crippen LogP contribution < -0.4 is 10.6 Å². The summed E-state index contributed by atoms with van der Waals surface area (Å²) < 4.78 is 10.6. The van der Waals surface area contributed by atoms with Crippen molar-refractivity contribution in [3.8, 4) is 0 Å². The van der Waals surface area contributed by atoms with E-state index in [9.17, 15) is 0 Å². The van der Waals surface area contributed by atoms with Gasteiger partial charge in [0.1, 0.15) is 5.76 Å². The van der Waals surface area contributed by atoms with Crippen molar-refractivity contribution in [2.75, 3.05) is 26.8 Å². The summed E-state index contributed by atoms with van der Waals surface area (Å²) in [5.74, 6) is 1.80. The molecule has 0 spiro atoms. The molecular weight excluding hydrogens is 453 g/mol. The number of hydrogen-bond donors (Lipinski definition) is 2. The Morgan fingerprint density at radius 3 is 2.56 bits per heavy atom. The SMILES string of the molecule is COCCC(C)(C)CNC(=NCc1ccccc1)NCCc1ccco1.I. The molecule has 0 fully saturated rings. The van der Waals surface area contributed by atoms with E-state index in [2.05, 4.69) is 36.6 Å². The monoisotopic (exact) mass is 485 g/mol. The van der Waals surface area contributed by atoms with Crippen LogP contribution >= 0.6 is 24.0 Å². The van der Waals surface area contributed by atoms with Crippen molar-refractivity contribution in [3.63, 3.8) is 0 Å². The summed E-state index contributed by atoms with van der Waals surface area (Å²) >= 11 is 0. The van der Waals surface area contributed by atoms with Gasteiger partial charge in [0.05, 0.1) is 12.8 Å². The minimum Gasteiger partial charge on any atom is -0.469 e. The maximum absolute atomic E-state index is 5.39. The van der Waals surface area contributed by atoms with E-state index in [0.717, 1.165) is 44.3 Å². The molecule has 27 heavy (non-hydrogen) atoms. The highest BCUT2D eigenvalue weighted by Crippen LogP contribution is 2.18. The fourth-order valence-electron chi connectivity index (χ4n) is 2.48. The molecule has 0 saturated heterocycles.